The zero-order valence-electron chi connectivity index (χ0n) is 14.2. The van der Waals surface area contributed by atoms with Crippen LogP contribution < -0.4 is 10.6 Å². The van der Waals surface area contributed by atoms with Gasteiger partial charge in [0.2, 0.25) is 0 Å². The van der Waals surface area contributed by atoms with Crippen molar-refractivity contribution in [2.45, 2.75) is 32.7 Å². The van der Waals surface area contributed by atoms with Gasteiger partial charge >= 0.3 is 0 Å². The fourth-order valence-corrected chi connectivity index (χ4v) is 3.39. The highest BCUT2D eigenvalue weighted by Gasteiger charge is 2.07. The molecule has 2 rings (SSSR count). The highest BCUT2D eigenvalue weighted by atomic mass is 127. The number of pyridine rings is 1. The van der Waals surface area contributed by atoms with Gasteiger partial charge in [0.25, 0.3) is 0 Å². The zero-order valence-corrected chi connectivity index (χ0v) is 18.1. The number of halogens is 2. The maximum atomic E-state index is 5.79. The number of rotatable bonds is 6. The summed E-state index contributed by atoms with van der Waals surface area (Å²) >= 11 is 7.64. The molecule has 1 atom stereocenters. The Bertz CT molecular complexity index is 642. The van der Waals surface area contributed by atoms with Crippen LogP contribution >= 0.6 is 46.9 Å². The van der Waals surface area contributed by atoms with Gasteiger partial charge < -0.3 is 10.6 Å². The first-order chi connectivity index (χ1) is 11.1. The summed E-state index contributed by atoms with van der Waals surface area (Å²) < 4.78 is 0. The molecule has 2 heterocycles. The van der Waals surface area contributed by atoms with E-state index in [1.165, 1.54) is 9.75 Å². The summed E-state index contributed by atoms with van der Waals surface area (Å²) in [7, 11) is 1.79. The van der Waals surface area contributed by atoms with Crippen LogP contribution in [0.5, 0.6) is 0 Å². The third-order valence-corrected chi connectivity index (χ3v) is 4.65. The Morgan fingerprint density at radius 2 is 2.12 bits per heavy atom. The summed E-state index contributed by atoms with van der Waals surface area (Å²) in [4.78, 5) is 11.1. The van der Waals surface area contributed by atoms with Gasteiger partial charge in [-0.05, 0) is 44.0 Å². The molecule has 7 heteroatoms. The van der Waals surface area contributed by atoms with Crippen molar-refractivity contribution in [3.05, 3.63) is 50.9 Å². The van der Waals surface area contributed by atoms with Gasteiger partial charge in [-0.15, -0.1) is 35.3 Å². The van der Waals surface area contributed by atoms with Crippen LogP contribution in [0.3, 0.4) is 0 Å². The number of thiophene rings is 1. The Labute approximate surface area is 170 Å². The summed E-state index contributed by atoms with van der Waals surface area (Å²) in [6, 6.07) is 8.50. The normalized spacial score (nSPS) is 12.4. The molecule has 0 radical (unpaired) electrons. The maximum absolute atomic E-state index is 5.79. The lowest BCUT2D eigenvalue weighted by atomic mass is 10.2. The molecule has 0 aromatic carbocycles. The second-order valence-electron chi connectivity index (χ2n) is 5.50. The van der Waals surface area contributed by atoms with Gasteiger partial charge in [0, 0.05) is 42.0 Å². The Morgan fingerprint density at radius 1 is 1.33 bits per heavy atom. The summed E-state index contributed by atoms with van der Waals surface area (Å²) in [6.45, 7) is 5.11. The molecule has 2 N–H and O–H groups in total. The van der Waals surface area contributed by atoms with Crippen molar-refractivity contribution in [2.75, 3.05) is 13.6 Å². The summed E-state index contributed by atoms with van der Waals surface area (Å²) in [5.41, 5.74) is 1.15. The average Bonchev–Trinajstić information content (AvgIpc) is 2.93. The van der Waals surface area contributed by atoms with Crippen LogP contribution in [0.2, 0.25) is 5.15 Å². The second kappa shape index (κ2) is 10.9. The van der Waals surface area contributed by atoms with Gasteiger partial charge in [-0.25, -0.2) is 4.98 Å². The van der Waals surface area contributed by atoms with E-state index in [9.17, 15) is 0 Å². The Morgan fingerprint density at radius 3 is 2.71 bits per heavy atom. The smallest absolute Gasteiger partial charge is 0.191 e. The largest absolute Gasteiger partial charge is 0.356 e. The van der Waals surface area contributed by atoms with Crippen molar-refractivity contribution in [1.29, 1.82) is 0 Å². The Hall–Kier alpha value is -0.860. The van der Waals surface area contributed by atoms with E-state index in [4.69, 9.17) is 11.6 Å². The topological polar surface area (TPSA) is 49.3 Å². The van der Waals surface area contributed by atoms with Crippen molar-refractivity contribution in [3.8, 4) is 0 Å². The molecule has 2 aromatic heterocycles. The lowest BCUT2D eigenvalue weighted by Gasteiger charge is -2.17. The first-order valence-electron chi connectivity index (χ1n) is 7.69. The molecule has 2 aromatic rings. The highest BCUT2D eigenvalue weighted by molar-refractivity contribution is 14.0. The van der Waals surface area contributed by atoms with E-state index in [0.717, 1.165) is 30.9 Å². The molecule has 0 amide bonds. The molecule has 4 nitrogen and oxygen atoms in total. The molecule has 1 unspecified atom stereocenters. The minimum Gasteiger partial charge on any atom is -0.356 e. The van der Waals surface area contributed by atoms with Crippen LogP contribution in [0.25, 0.3) is 0 Å². The Kier molecular flexibility index (Phi) is 9.61. The first-order valence-corrected chi connectivity index (χ1v) is 8.89. The predicted octanol–water partition coefficient (Wildman–Crippen LogP) is 4.06. The number of hydrogen-bond donors (Lipinski definition) is 2. The quantitative estimate of drug-likeness (QED) is 0.285. The second-order valence-corrected chi connectivity index (χ2v) is 7.26. The molecule has 24 heavy (non-hydrogen) atoms. The van der Waals surface area contributed by atoms with Gasteiger partial charge in [0.1, 0.15) is 5.15 Å². The molecule has 0 aliphatic carbocycles. The molecule has 132 valence electrons. The van der Waals surface area contributed by atoms with Crippen LogP contribution in [0.15, 0.2) is 35.5 Å². The van der Waals surface area contributed by atoms with Crippen LogP contribution in [0.4, 0.5) is 0 Å². The Balaban J connectivity index is 0.00000288. The average molecular weight is 479 g/mol. The molecule has 0 aliphatic heterocycles. The minimum absolute atomic E-state index is 0. The van der Waals surface area contributed by atoms with E-state index in [0.29, 0.717) is 11.2 Å². The molecule has 0 saturated heterocycles. The number of aliphatic imine (C=N–C) groups is 1. The molecule has 0 aliphatic rings. The monoisotopic (exact) mass is 478 g/mol. The fourth-order valence-electron chi connectivity index (χ4n) is 2.26. The summed E-state index contributed by atoms with van der Waals surface area (Å²) in [5.74, 6) is 0.827. The van der Waals surface area contributed by atoms with Crippen LogP contribution in [0, 0.1) is 6.92 Å². The molecule has 0 fully saturated rings. The van der Waals surface area contributed by atoms with E-state index in [1.54, 1.807) is 7.05 Å². The van der Waals surface area contributed by atoms with Crippen LogP contribution in [-0.4, -0.2) is 30.6 Å². The molecule has 0 spiro atoms. The van der Waals surface area contributed by atoms with E-state index in [2.05, 4.69) is 46.6 Å². The van der Waals surface area contributed by atoms with E-state index >= 15 is 0 Å². The maximum Gasteiger partial charge on any atom is 0.191 e. The lowest BCUT2D eigenvalue weighted by molar-refractivity contribution is 0.644. The van der Waals surface area contributed by atoms with Gasteiger partial charge in [-0.3, -0.25) is 4.99 Å². The standard InChI is InChI=1S/C17H23ClN4S.HI/c1-12(10-15-6-4-13(2)23-15)22-17(19-3)20-9-8-14-5-7-16(18)21-11-14;/h4-7,11-12H,8-10H2,1-3H3,(H2,19,20,22);1H. The molecular formula is C17H24ClIN4S. The molecule has 0 saturated carbocycles. The third kappa shape index (κ3) is 7.36. The predicted molar refractivity (Wildman–Crippen MR) is 115 cm³/mol. The van der Waals surface area contributed by atoms with Gasteiger partial charge in [0.15, 0.2) is 5.96 Å². The number of aryl methyl sites for hydroxylation is 1. The van der Waals surface area contributed by atoms with Crippen LogP contribution in [-0.2, 0) is 12.8 Å². The summed E-state index contributed by atoms with van der Waals surface area (Å²) in [5, 5.41) is 7.29. The van der Waals surface area contributed by atoms with E-state index in [-0.39, 0.29) is 24.0 Å². The lowest BCUT2D eigenvalue weighted by Crippen LogP contribution is -2.43. The number of nitrogens with zero attached hydrogens (tertiary/aromatic N) is 2. The van der Waals surface area contributed by atoms with Gasteiger partial charge in [-0.2, -0.15) is 0 Å². The molecular weight excluding hydrogens is 455 g/mol. The van der Waals surface area contributed by atoms with Crippen molar-refractivity contribution < 1.29 is 0 Å². The SMILES string of the molecule is CN=C(NCCc1ccc(Cl)nc1)NC(C)Cc1ccc(C)s1.I. The third-order valence-electron chi connectivity index (χ3n) is 3.40. The van der Waals surface area contributed by atoms with Gasteiger partial charge in [-0.1, -0.05) is 17.7 Å². The minimum atomic E-state index is 0. The fraction of sp³-hybridized carbons (Fsp3) is 0.412. The van der Waals surface area contributed by atoms with Crippen molar-refractivity contribution in [2.24, 2.45) is 4.99 Å². The number of nitrogens with one attached hydrogen (secondary N) is 2. The zero-order chi connectivity index (χ0) is 16.7. The molecule has 0 bridgehead atoms. The van der Waals surface area contributed by atoms with Crippen molar-refractivity contribution in [3.63, 3.8) is 0 Å². The van der Waals surface area contributed by atoms with E-state index in [1.807, 2.05) is 29.7 Å². The highest BCUT2D eigenvalue weighted by Crippen LogP contribution is 2.16. The van der Waals surface area contributed by atoms with Gasteiger partial charge in [0.05, 0.1) is 0 Å². The first kappa shape index (κ1) is 21.2. The number of guanidine groups is 1. The van der Waals surface area contributed by atoms with Crippen molar-refractivity contribution in [1.82, 2.24) is 15.6 Å². The van der Waals surface area contributed by atoms with Crippen molar-refractivity contribution >= 4 is 52.9 Å². The number of aromatic nitrogens is 1. The summed E-state index contributed by atoms with van der Waals surface area (Å²) in [6.07, 6.45) is 3.69. The van der Waals surface area contributed by atoms with E-state index < -0.39 is 0 Å². The number of hydrogen-bond acceptors (Lipinski definition) is 3. The van der Waals surface area contributed by atoms with Crippen LogP contribution in [0.1, 0.15) is 22.2 Å².